The average molecular weight is 414 g/mol. The van der Waals surface area contributed by atoms with Crippen LogP contribution in [0.15, 0.2) is 13.5 Å². The molecule has 0 aromatic rings. The van der Waals surface area contributed by atoms with E-state index in [1.165, 1.54) is 0 Å². The Labute approximate surface area is 117 Å². The van der Waals surface area contributed by atoms with Crippen molar-refractivity contribution in [2.24, 2.45) is 13.5 Å². The van der Waals surface area contributed by atoms with Crippen LogP contribution in [0.5, 0.6) is 0 Å². The first-order chi connectivity index (χ1) is 6.37. The van der Waals surface area contributed by atoms with Crippen molar-refractivity contribution >= 4 is 78.2 Å². The molecule has 1 aliphatic rings. The Kier molecular flexibility index (Phi) is 4.58. The van der Waals surface area contributed by atoms with Gasteiger partial charge in [0.25, 0.3) is 11.8 Å². The lowest BCUT2D eigenvalue weighted by Gasteiger charge is -2.31. The number of hydrogen-bond acceptors (Lipinski definition) is 3. The van der Waals surface area contributed by atoms with Crippen molar-refractivity contribution in [1.82, 2.24) is 0 Å². The summed E-state index contributed by atoms with van der Waals surface area (Å²) >= 11 is 27.5. The van der Waals surface area contributed by atoms with E-state index in [0.717, 1.165) is 0 Å². The zero-order chi connectivity index (χ0) is 12.1. The van der Waals surface area contributed by atoms with Crippen LogP contribution in [0.1, 0.15) is 20.8 Å². The normalized spacial score (nSPS) is 33.6. The summed E-state index contributed by atoms with van der Waals surface area (Å²) in [5, 5.41) is -0.229. The van der Waals surface area contributed by atoms with Crippen LogP contribution >= 0.6 is 78.2 Å². The fraction of sp³-hybridized carbons (Fsp3) is 1.00. The van der Waals surface area contributed by atoms with Crippen LogP contribution in [0.3, 0.4) is 0 Å². The van der Waals surface area contributed by atoms with E-state index >= 15 is 0 Å². The summed E-state index contributed by atoms with van der Waals surface area (Å²) in [6, 6.07) is 0. The van der Waals surface area contributed by atoms with Gasteiger partial charge in [-0.2, -0.15) is 4.52 Å². The van der Waals surface area contributed by atoms with E-state index in [1.54, 1.807) is 0 Å². The summed E-state index contributed by atoms with van der Waals surface area (Å²) in [6.07, 6.45) is 0. The van der Waals surface area contributed by atoms with Crippen molar-refractivity contribution in [1.29, 1.82) is 0 Å². The zero-order valence-corrected chi connectivity index (χ0v) is 15.4. The molecule has 0 amide bonds. The third kappa shape index (κ3) is 3.90. The van der Waals surface area contributed by atoms with Crippen molar-refractivity contribution in [3.8, 4) is 0 Å². The van der Waals surface area contributed by atoms with Gasteiger partial charge >= 0.3 is 0 Å². The molecule has 0 aromatic heterocycles. The maximum Gasteiger partial charge on any atom is 0.256 e. The Balaban J connectivity index is 3.58. The molecule has 1 atom stereocenters. The monoisotopic (exact) mass is 411 g/mol. The van der Waals surface area contributed by atoms with Gasteiger partial charge in [-0.05, 0) is 60.5 Å². The van der Waals surface area contributed by atoms with Crippen LogP contribution in [-0.2, 0) is 0 Å². The molecule has 0 fully saturated rings. The molecule has 0 N–H and O–H groups in total. The van der Waals surface area contributed by atoms with Crippen molar-refractivity contribution < 1.29 is 0 Å². The first kappa shape index (κ1) is 15.4. The standard InChI is InChI=1S/C4H9BrCl4N3P3/c1-4(2,3)13(5)10-14(6,7)12-15(8,9)11-13/h1-3H3. The Bertz CT molecular complexity index is 433. The van der Waals surface area contributed by atoms with Crippen LogP contribution < -0.4 is 0 Å². The van der Waals surface area contributed by atoms with E-state index in [1.807, 2.05) is 20.8 Å². The van der Waals surface area contributed by atoms with Gasteiger partial charge in [0.05, 0.1) is 0 Å². The number of hydrogen-bond donors (Lipinski definition) is 0. The third-order valence-electron chi connectivity index (χ3n) is 1.52. The summed E-state index contributed by atoms with van der Waals surface area (Å²) < 4.78 is 12.5. The highest BCUT2D eigenvalue weighted by Crippen LogP contribution is 2.89. The fourth-order valence-corrected chi connectivity index (χ4v) is 22.5. The van der Waals surface area contributed by atoms with Gasteiger partial charge in [-0.15, -0.1) is 0 Å². The molecule has 3 nitrogen and oxygen atoms in total. The lowest BCUT2D eigenvalue weighted by atomic mass is 10.3. The van der Waals surface area contributed by atoms with Crippen molar-refractivity contribution in [3.63, 3.8) is 0 Å². The molecule has 1 unspecified atom stereocenters. The van der Waals surface area contributed by atoms with Gasteiger partial charge in [-0.3, -0.25) is 0 Å². The first-order valence-electron chi connectivity index (χ1n) is 3.77. The lowest BCUT2D eigenvalue weighted by Crippen LogP contribution is -2.10. The molecule has 15 heavy (non-hydrogen) atoms. The molecular weight excluding hydrogens is 405 g/mol. The highest BCUT2D eigenvalue weighted by molar-refractivity contribution is 9.40. The van der Waals surface area contributed by atoms with E-state index in [2.05, 4.69) is 29.0 Å². The summed E-state index contributed by atoms with van der Waals surface area (Å²) in [7, 11) is 0. The second-order valence-electron chi connectivity index (χ2n) is 3.88. The Morgan fingerprint density at radius 1 is 0.867 bits per heavy atom. The molecule has 0 aliphatic carbocycles. The number of halogens is 5. The van der Waals surface area contributed by atoms with Crippen molar-refractivity contribution in [2.45, 2.75) is 25.9 Å². The molecule has 90 valence electrons. The van der Waals surface area contributed by atoms with Crippen LogP contribution in [-0.4, -0.2) is 5.16 Å². The van der Waals surface area contributed by atoms with Crippen LogP contribution in [0.4, 0.5) is 0 Å². The highest BCUT2D eigenvalue weighted by Gasteiger charge is 2.39. The largest absolute Gasteiger partial charge is 0.256 e. The van der Waals surface area contributed by atoms with Crippen LogP contribution in [0.2, 0.25) is 0 Å². The van der Waals surface area contributed by atoms with Gasteiger partial charge in [-0.1, -0.05) is 20.8 Å². The maximum absolute atomic E-state index is 5.99. The minimum atomic E-state index is -2.79. The summed E-state index contributed by atoms with van der Waals surface area (Å²) in [5.41, 5.74) is 0. The predicted molar refractivity (Wildman–Crippen MR) is 80.1 cm³/mol. The van der Waals surface area contributed by atoms with E-state index in [4.69, 9.17) is 45.0 Å². The van der Waals surface area contributed by atoms with E-state index in [0.29, 0.717) is 0 Å². The highest BCUT2D eigenvalue weighted by atomic mass is 79.9. The molecule has 0 saturated carbocycles. The van der Waals surface area contributed by atoms with Crippen molar-refractivity contribution in [3.05, 3.63) is 0 Å². The zero-order valence-electron chi connectivity index (χ0n) is 8.07. The van der Waals surface area contributed by atoms with E-state index in [9.17, 15) is 0 Å². The summed E-state index contributed by atoms with van der Waals surface area (Å²) in [4.78, 5) is 0. The molecule has 1 aliphatic heterocycles. The second kappa shape index (κ2) is 4.46. The first-order valence-corrected chi connectivity index (χ1v) is 14.5. The molecular formula is C4H9BrCl4N3P3. The second-order valence-corrected chi connectivity index (χ2v) is 19.9. The maximum atomic E-state index is 5.99. The molecule has 0 spiro atoms. The number of nitrogens with zero attached hydrogens (tertiary/aromatic N) is 3. The summed E-state index contributed by atoms with van der Waals surface area (Å²) in [6.45, 7) is 5.94. The van der Waals surface area contributed by atoms with E-state index in [-0.39, 0.29) is 5.16 Å². The molecule has 1 heterocycles. The molecule has 0 saturated heterocycles. The van der Waals surface area contributed by atoms with Crippen LogP contribution in [0.25, 0.3) is 0 Å². The third-order valence-corrected chi connectivity index (χ3v) is 19.2. The molecule has 0 bridgehead atoms. The molecule has 0 radical (unpaired) electrons. The lowest BCUT2D eigenvalue weighted by molar-refractivity contribution is 0.786. The SMILES string of the molecule is CC(C)(C)P1(Br)=NP(Cl)(Cl)=NP(Cl)(Cl)=N1. The van der Waals surface area contributed by atoms with E-state index < -0.39 is 17.7 Å². The minimum Gasteiger partial charge on any atom is -0.202 e. The number of rotatable bonds is 0. The summed E-state index contributed by atoms with van der Waals surface area (Å²) in [5.74, 6) is -7.83. The van der Waals surface area contributed by atoms with Gasteiger partial charge in [0, 0.05) is 5.16 Å². The quantitative estimate of drug-likeness (QED) is 0.360. The van der Waals surface area contributed by atoms with Gasteiger partial charge < -0.3 is 0 Å². The topological polar surface area (TPSA) is 37.1 Å². The van der Waals surface area contributed by atoms with Gasteiger partial charge in [0.1, 0.15) is 0 Å². The molecule has 11 heteroatoms. The molecule has 1 rings (SSSR count). The fourth-order valence-electron chi connectivity index (χ4n) is 0.737. The molecule has 0 aromatic carbocycles. The van der Waals surface area contributed by atoms with Gasteiger partial charge in [0.15, 0.2) is 5.91 Å². The Hall–Kier alpha value is 2.33. The predicted octanol–water partition coefficient (Wildman–Crippen LogP) is 8.07. The van der Waals surface area contributed by atoms with Gasteiger partial charge in [-0.25, -0.2) is 9.03 Å². The average Bonchev–Trinajstić information content (AvgIpc) is 1.72. The van der Waals surface area contributed by atoms with Crippen molar-refractivity contribution in [2.75, 3.05) is 0 Å². The smallest absolute Gasteiger partial charge is 0.202 e. The Morgan fingerprint density at radius 2 is 1.27 bits per heavy atom. The Morgan fingerprint density at radius 3 is 1.60 bits per heavy atom. The minimum absolute atomic E-state index is 0.229. The van der Waals surface area contributed by atoms with Crippen LogP contribution in [0, 0.1) is 0 Å². The van der Waals surface area contributed by atoms with Gasteiger partial charge in [0.2, 0.25) is 0 Å².